The Bertz CT molecular complexity index is 163. The highest BCUT2D eigenvalue weighted by Gasteiger charge is 2.30. The molecule has 0 nitrogen and oxygen atoms in total. The molecule has 0 heterocycles. The first-order valence-electron chi connectivity index (χ1n) is 6.16. The Morgan fingerprint density at radius 1 is 1.00 bits per heavy atom. The first kappa shape index (κ1) is 12.0. The van der Waals surface area contributed by atoms with Crippen LogP contribution in [-0.4, -0.2) is 6.17 Å². The van der Waals surface area contributed by atoms with Crippen molar-refractivity contribution < 1.29 is 4.39 Å². The van der Waals surface area contributed by atoms with Crippen LogP contribution in [0.15, 0.2) is 0 Å². The third-order valence-corrected chi connectivity index (χ3v) is 3.90. The van der Waals surface area contributed by atoms with Gasteiger partial charge in [0, 0.05) is 0 Å². The average molecular weight is 200 g/mol. The molecule has 84 valence electrons. The van der Waals surface area contributed by atoms with Gasteiger partial charge >= 0.3 is 0 Å². The summed E-state index contributed by atoms with van der Waals surface area (Å²) in [6, 6.07) is 0. The molecule has 0 saturated heterocycles. The van der Waals surface area contributed by atoms with Crippen LogP contribution in [-0.2, 0) is 0 Å². The normalized spacial score (nSPS) is 34.9. The van der Waals surface area contributed by atoms with Crippen molar-refractivity contribution in [3.63, 3.8) is 0 Å². The van der Waals surface area contributed by atoms with Crippen LogP contribution in [0, 0.1) is 23.7 Å². The third-order valence-electron chi connectivity index (χ3n) is 3.90. The summed E-state index contributed by atoms with van der Waals surface area (Å²) in [5.74, 6) is 2.10. The van der Waals surface area contributed by atoms with E-state index in [1.54, 1.807) is 0 Å². The number of halogens is 1. The van der Waals surface area contributed by atoms with E-state index in [1.807, 2.05) is 0 Å². The number of rotatable bonds is 2. The van der Waals surface area contributed by atoms with Gasteiger partial charge in [-0.15, -0.1) is 0 Å². The standard InChI is InChI=1S/C13H25F/c1-9(2)11-6-5-7-12(10(3)4)13(14)8-11/h9-13H,5-8H2,1-4H3. The minimum absolute atomic E-state index is 0.318. The molecule has 1 rings (SSSR count). The summed E-state index contributed by atoms with van der Waals surface area (Å²) in [5.41, 5.74) is 0. The largest absolute Gasteiger partial charge is 0.247 e. The predicted molar refractivity (Wildman–Crippen MR) is 60.0 cm³/mol. The van der Waals surface area contributed by atoms with E-state index in [1.165, 1.54) is 12.8 Å². The molecule has 14 heavy (non-hydrogen) atoms. The second-order valence-electron chi connectivity index (χ2n) is 5.59. The molecule has 1 aliphatic carbocycles. The van der Waals surface area contributed by atoms with Crippen LogP contribution >= 0.6 is 0 Å². The van der Waals surface area contributed by atoms with E-state index < -0.39 is 6.17 Å². The lowest BCUT2D eigenvalue weighted by Gasteiger charge is -2.24. The predicted octanol–water partition coefficient (Wildman–Crippen LogP) is 4.44. The fourth-order valence-electron chi connectivity index (χ4n) is 2.73. The minimum atomic E-state index is -0.551. The topological polar surface area (TPSA) is 0 Å². The maximum Gasteiger partial charge on any atom is 0.103 e. The molecule has 0 aromatic carbocycles. The smallest absolute Gasteiger partial charge is 0.103 e. The van der Waals surface area contributed by atoms with Crippen molar-refractivity contribution in [3.8, 4) is 0 Å². The summed E-state index contributed by atoms with van der Waals surface area (Å²) in [7, 11) is 0. The Labute approximate surface area is 88.3 Å². The Morgan fingerprint density at radius 2 is 1.64 bits per heavy atom. The quantitative estimate of drug-likeness (QED) is 0.578. The van der Waals surface area contributed by atoms with Gasteiger partial charge in [0.1, 0.15) is 6.17 Å². The molecule has 0 amide bonds. The van der Waals surface area contributed by atoms with E-state index in [0.717, 1.165) is 12.8 Å². The highest BCUT2D eigenvalue weighted by Crippen LogP contribution is 2.36. The molecule has 0 aliphatic heterocycles. The zero-order valence-corrected chi connectivity index (χ0v) is 10.1. The van der Waals surface area contributed by atoms with Crippen molar-refractivity contribution in [2.45, 2.75) is 59.5 Å². The van der Waals surface area contributed by atoms with E-state index in [9.17, 15) is 4.39 Å². The van der Waals surface area contributed by atoms with E-state index in [0.29, 0.717) is 23.7 Å². The molecule has 1 saturated carbocycles. The molecule has 1 fully saturated rings. The Hall–Kier alpha value is -0.0700. The van der Waals surface area contributed by atoms with Gasteiger partial charge in [-0.1, -0.05) is 40.5 Å². The highest BCUT2D eigenvalue weighted by atomic mass is 19.1. The third kappa shape index (κ3) is 2.96. The van der Waals surface area contributed by atoms with E-state index >= 15 is 0 Å². The van der Waals surface area contributed by atoms with Crippen molar-refractivity contribution in [3.05, 3.63) is 0 Å². The molecule has 3 unspecified atom stereocenters. The van der Waals surface area contributed by atoms with Crippen LogP contribution in [0.1, 0.15) is 53.4 Å². The van der Waals surface area contributed by atoms with Gasteiger partial charge in [0.05, 0.1) is 0 Å². The van der Waals surface area contributed by atoms with Crippen LogP contribution in [0.2, 0.25) is 0 Å². The average Bonchev–Trinajstić information content (AvgIpc) is 2.26. The monoisotopic (exact) mass is 200 g/mol. The van der Waals surface area contributed by atoms with Gasteiger partial charge < -0.3 is 0 Å². The summed E-state index contributed by atoms with van der Waals surface area (Å²) in [6.07, 6.45) is 3.82. The molecule has 1 heteroatoms. The second kappa shape index (κ2) is 5.14. The van der Waals surface area contributed by atoms with Crippen molar-refractivity contribution >= 4 is 0 Å². The Kier molecular flexibility index (Phi) is 4.40. The lowest BCUT2D eigenvalue weighted by molar-refractivity contribution is 0.149. The Morgan fingerprint density at radius 3 is 2.14 bits per heavy atom. The zero-order valence-electron chi connectivity index (χ0n) is 10.1. The van der Waals surface area contributed by atoms with Gasteiger partial charge in [-0.25, -0.2) is 4.39 Å². The molecule has 0 spiro atoms. The van der Waals surface area contributed by atoms with Crippen molar-refractivity contribution in [1.82, 2.24) is 0 Å². The number of hydrogen-bond donors (Lipinski definition) is 0. The van der Waals surface area contributed by atoms with Crippen molar-refractivity contribution in [1.29, 1.82) is 0 Å². The highest BCUT2D eigenvalue weighted by molar-refractivity contribution is 4.80. The lowest BCUT2D eigenvalue weighted by Crippen LogP contribution is -2.22. The molecule has 0 bridgehead atoms. The van der Waals surface area contributed by atoms with Gasteiger partial charge in [0.2, 0.25) is 0 Å². The Balaban J connectivity index is 2.56. The molecule has 3 atom stereocenters. The summed E-state index contributed by atoms with van der Waals surface area (Å²) in [5, 5.41) is 0. The first-order valence-corrected chi connectivity index (χ1v) is 6.16. The van der Waals surface area contributed by atoms with Crippen LogP contribution in [0.25, 0.3) is 0 Å². The first-order chi connectivity index (χ1) is 6.52. The van der Waals surface area contributed by atoms with Crippen LogP contribution in [0.4, 0.5) is 4.39 Å². The molecule has 0 aromatic rings. The van der Waals surface area contributed by atoms with Crippen LogP contribution in [0.5, 0.6) is 0 Å². The fourth-order valence-corrected chi connectivity index (χ4v) is 2.73. The van der Waals surface area contributed by atoms with Gasteiger partial charge in [-0.2, -0.15) is 0 Å². The number of hydrogen-bond acceptors (Lipinski definition) is 0. The number of alkyl halides is 1. The van der Waals surface area contributed by atoms with Crippen LogP contribution < -0.4 is 0 Å². The van der Waals surface area contributed by atoms with E-state index in [2.05, 4.69) is 27.7 Å². The second-order valence-corrected chi connectivity index (χ2v) is 5.59. The van der Waals surface area contributed by atoms with E-state index in [4.69, 9.17) is 0 Å². The van der Waals surface area contributed by atoms with Gasteiger partial charge in [-0.05, 0) is 36.5 Å². The van der Waals surface area contributed by atoms with E-state index in [-0.39, 0.29) is 0 Å². The lowest BCUT2D eigenvalue weighted by atomic mass is 9.85. The summed E-state index contributed by atoms with van der Waals surface area (Å²) in [6.45, 7) is 8.78. The molecular weight excluding hydrogens is 175 g/mol. The molecule has 0 N–H and O–H groups in total. The van der Waals surface area contributed by atoms with Gasteiger partial charge in [0.25, 0.3) is 0 Å². The summed E-state index contributed by atoms with van der Waals surface area (Å²) >= 11 is 0. The molecule has 1 aliphatic rings. The molecule has 0 aromatic heterocycles. The fraction of sp³-hybridized carbons (Fsp3) is 1.00. The van der Waals surface area contributed by atoms with Crippen molar-refractivity contribution in [2.24, 2.45) is 23.7 Å². The maximum absolute atomic E-state index is 14.0. The maximum atomic E-state index is 14.0. The molecular formula is C13H25F. The SMILES string of the molecule is CC(C)C1CCCC(C(C)C)C(F)C1. The molecule has 0 radical (unpaired) electrons. The zero-order chi connectivity index (χ0) is 10.7. The van der Waals surface area contributed by atoms with Crippen molar-refractivity contribution in [2.75, 3.05) is 0 Å². The summed E-state index contributed by atoms with van der Waals surface area (Å²) in [4.78, 5) is 0. The minimum Gasteiger partial charge on any atom is -0.247 e. The summed E-state index contributed by atoms with van der Waals surface area (Å²) < 4.78 is 14.0. The van der Waals surface area contributed by atoms with Gasteiger partial charge in [-0.3, -0.25) is 0 Å². The van der Waals surface area contributed by atoms with Crippen LogP contribution in [0.3, 0.4) is 0 Å². The van der Waals surface area contributed by atoms with Gasteiger partial charge in [0.15, 0.2) is 0 Å².